The van der Waals surface area contributed by atoms with E-state index in [1.807, 2.05) is 20.8 Å². The average Bonchev–Trinajstić information content (AvgIpc) is 3.05. The van der Waals surface area contributed by atoms with Crippen LogP contribution in [0.1, 0.15) is 86.0 Å². The van der Waals surface area contributed by atoms with Gasteiger partial charge in [-0.05, 0) is 50.9 Å². The molecule has 35 heavy (non-hydrogen) atoms. The summed E-state index contributed by atoms with van der Waals surface area (Å²) in [6.45, 7) is 11.2. The second-order valence-corrected chi connectivity index (χ2v) is 12.2. The van der Waals surface area contributed by atoms with Gasteiger partial charge in [-0.3, -0.25) is 19.3 Å². The van der Waals surface area contributed by atoms with Crippen LogP contribution in [0.15, 0.2) is 0 Å². The van der Waals surface area contributed by atoms with E-state index in [0.29, 0.717) is 18.9 Å². The summed E-state index contributed by atoms with van der Waals surface area (Å²) in [7, 11) is 0. The van der Waals surface area contributed by atoms with Crippen LogP contribution >= 0.6 is 0 Å². The van der Waals surface area contributed by atoms with E-state index >= 15 is 0 Å². The van der Waals surface area contributed by atoms with Crippen LogP contribution in [-0.2, 0) is 19.1 Å². The van der Waals surface area contributed by atoms with E-state index in [2.05, 4.69) is 29.4 Å². The molecule has 198 valence electrons. The van der Waals surface area contributed by atoms with E-state index in [1.54, 1.807) is 0 Å². The highest BCUT2D eigenvalue weighted by molar-refractivity contribution is 6.37. The molecular formula is C26H44N4O5. The Balaban J connectivity index is 1.80. The summed E-state index contributed by atoms with van der Waals surface area (Å²) in [5.41, 5.74) is 4.74. The van der Waals surface area contributed by atoms with E-state index in [1.165, 1.54) is 0 Å². The third kappa shape index (κ3) is 6.96. The van der Waals surface area contributed by atoms with Gasteiger partial charge in [0.25, 0.3) is 5.91 Å². The average molecular weight is 493 g/mol. The summed E-state index contributed by atoms with van der Waals surface area (Å²) < 4.78 is 5.50. The molecule has 0 aromatic heterocycles. The fraction of sp³-hybridized carbons (Fsp3) is 0.846. The van der Waals surface area contributed by atoms with E-state index in [4.69, 9.17) is 10.5 Å². The molecule has 3 aliphatic rings. The number of hydrogen-bond acceptors (Lipinski definition) is 6. The monoisotopic (exact) mass is 492 g/mol. The van der Waals surface area contributed by atoms with E-state index in [0.717, 1.165) is 51.5 Å². The van der Waals surface area contributed by atoms with Crippen LogP contribution in [0.5, 0.6) is 0 Å². The fourth-order valence-electron chi connectivity index (χ4n) is 5.98. The van der Waals surface area contributed by atoms with Gasteiger partial charge in [-0.1, -0.05) is 52.4 Å². The van der Waals surface area contributed by atoms with Gasteiger partial charge in [0.2, 0.25) is 11.7 Å². The van der Waals surface area contributed by atoms with E-state index < -0.39 is 35.5 Å². The van der Waals surface area contributed by atoms with Crippen molar-refractivity contribution >= 4 is 23.7 Å². The third-order valence-corrected chi connectivity index (χ3v) is 7.92. The van der Waals surface area contributed by atoms with Gasteiger partial charge in [0.1, 0.15) is 5.60 Å². The molecule has 2 heterocycles. The molecule has 0 aromatic rings. The zero-order valence-corrected chi connectivity index (χ0v) is 22.0. The minimum absolute atomic E-state index is 0.0404. The predicted octanol–water partition coefficient (Wildman–Crippen LogP) is 2.51. The lowest BCUT2D eigenvalue weighted by molar-refractivity contribution is -0.139. The summed E-state index contributed by atoms with van der Waals surface area (Å²) in [6, 6.07) is -1.44. The molecule has 3 rings (SSSR count). The lowest BCUT2D eigenvalue weighted by atomic mass is 9.98. The maximum atomic E-state index is 13.5. The lowest BCUT2D eigenvalue weighted by Gasteiger charge is -2.34. The van der Waals surface area contributed by atoms with Gasteiger partial charge in [0.05, 0.1) is 12.1 Å². The Hall–Kier alpha value is -2.16. The molecule has 1 saturated carbocycles. The van der Waals surface area contributed by atoms with Crippen molar-refractivity contribution in [2.24, 2.45) is 23.0 Å². The van der Waals surface area contributed by atoms with Crippen molar-refractivity contribution < 1.29 is 23.9 Å². The molecule has 4 N–H and O–H groups in total. The van der Waals surface area contributed by atoms with Gasteiger partial charge >= 0.3 is 6.09 Å². The van der Waals surface area contributed by atoms with Crippen molar-refractivity contribution in [2.75, 3.05) is 13.1 Å². The molecule has 0 spiro atoms. The summed E-state index contributed by atoms with van der Waals surface area (Å²) in [5.74, 6) is -1.42. The number of primary amides is 1. The number of ketones is 1. The van der Waals surface area contributed by atoms with Gasteiger partial charge in [-0.15, -0.1) is 0 Å². The standard InChI is InChI=1S/C26H44N4O5/c1-25(2,3)35-24(34)28-16-12-10-8-6-7-9-11-13-18(21(31)22(27)32)29-23(33)20-19-17(26(19,4)5)15-30(20)14-16/h16-20H,6-15H2,1-5H3,(H2,27,32)(H,28,34)(H,29,33)/t16-,17-,18-,19-,20-/m0/s1. The number of nitrogens with two attached hydrogens (primary N) is 1. The number of hydrogen-bond donors (Lipinski definition) is 3. The third-order valence-electron chi connectivity index (χ3n) is 7.92. The van der Waals surface area contributed by atoms with Crippen LogP contribution in [-0.4, -0.2) is 65.4 Å². The van der Waals surface area contributed by atoms with Gasteiger partial charge in [0.15, 0.2) is 0 Å². The number of nitrogens with zero attached hydrogens (tertiary/aromatic N) is 1. The number of nitrogens with one attached hydrogen (secondary N) is 2. The molecule has 9 nitrogen and oxygen atoms in total. The minimum atomic E-state index is -1.01. The molecule has 0 unspecified atom stereocenters. The number of carbonyl (C=O) groups is 4. The van der Waals surface area contributed by atoms with E-state index in [9.17, 15) is 19.2 Å². The molecule has 0 bridgehead atoms. The molecule has 2 aliphatic heterocycles. The Morgan fingerprint density at radius 2 is 1.63 bits per heavy atom. The van der Waals surface area contributed by atoms with Crippen LogP contribution in [0.25, 0.3) is 0 Å². The molecule has 0 aromatic carbocycles. The Kier molecular flexibility index (Phi) is 8.50. The highest BCUT2D eigenvalue weighted by Gasteiger charge is 2.68. The highest BCUT2D eigenvalue weighted by atomic mass is 16.6. The highest BCUT2D eigenvalue weighted by Crippen LogP contribution is 2.64. The number of rotatable bonds is 3. The smallest absolute Gasteiger partial charge is 0.407 e. The minimum Gasteiger partial charge on any atom is -0.444 e. The Morgan fingerprint density at radius 3 is 2.23 bits per heavy atom. The number of ether oxygens (including phenoxy) is 1. The first-order chi connectivity index (χ1) is 16.3. The zero-order chi connectivity index (χ0) is 26.0. The molecular weight excluding hydrogens is 448 g/mol. The normalized spacial score (nSPS) is 32.1. The van der Waals surface area contributed by atoms with Crippen LogP contribution in [0.2, 0.25) is 0 Å². The van der Waals surface area contributed by atoms with Crippen molar-refractivity contribution in [1.29, 1.82) is 0 Å². The SMILES string of the molecule is CC(C)(C)OC(=O)N[C@H]1CCCCCCCC[C@@H](C(=O)C(N)=O)NC(=O)[C@@H]2[C@@H]3[C@H](CN2C1)C3(C)C. The molecule has 3 fully saturated rings. The number of alkyl carbamates (subject to hydrolysis) is 1. The second kappa shape index (κ2) is 10.8. The first-order valence-electron chi connectivity index (χ1n) is 13.2. The van der Waals surface area contributed by atoms with Gasteiger partial charge < -0.3 is 21.1 Å². The predicted molar refractivity (Wildman–Crippen MR) is 132 cm³/mol. The van der Waals surface area contributed by atoms with Gasteiger partial charge in [-0.25, -0.2) is 4.79 Å². The van der Waals surface area contributed by atoms with Gasteiger partial charge in [-0.2, -0.15) is 0 Å². The van der Waals surface area contributed by atoms with Crippen molar-refractivity contribution in [3.63, 3.8) is 0 Å². The molecule has 0 radical (unpaired) electrons. The van der Waals surface area contributed by atoms with E-state index in [-0.39, 0.29) is 23.3 Å². The van der Waals surface area contributed by atoms with Crippen LogP contribution in [0, 0.1) is 17.3 Å². The number of piperidine rings is 1. The Morgan fingerprint density at radius 1 is 1.03 bits per heavy atom. The zero-order valence-electron chi connectivity index (χ0n) is 22.0. The first kappa shape index (κ1) is 27.4. The fourth-order valence-corrected chi connectivity index (χ4v) is 5.98. The summed E-state index contributed by atoms with van der Waals surface area (Å²) in [6.07, 6.45) is 6.56. The topological polar surface area (TPSA) is 131 Å². The van der Waals surface area contributed by atoms with Crippen molar-refractivity contribution in [1.82, 2.24) is 15.5 Å². The van der Waals surface area contributed by atoms with Crippen molar-refractivity contribution in [3.05, 3.63) is 0 Å². The summed E-state index contributed by atoms with van der Waals surface area (Å²) >= 11 is 0. The van der Waals surface area contributed by atoms with Crippen molar-refractivity contribution in [2.45, 2.75) is 110 Å². The van der Waals surface area contributed by atoms with Crippen molar-refractivity contribution in [3.8, 4) is 0 Å². The first-order valence-corrected chi connectivity index (χ1v) is 13.2. The largest absolute Gasteiger partial charge is 0.444 e. The van der Waals surface area contributed by atoms with Gasteiger partial charge in [0, 0.05) is 19.1 Å². The van der Waals surface area contributed by atoms with Crippen LogP contribution in [0.3, 0.4) is 0 Å². The van der Waals surface area contributed by atoms with Crippen LogP contribution < -0.4 is 16.4 Å². The number of amides is 3. The Labute approximate surface area is 209 Å². The summed E-state index contributed by atoms with van der Waals surface area (Å²) in [5, 5.41) is 5.92. The molecule has 1 aliphatic carbocycles. The Bertz CT molecular complexity index is 821. The summed E-state index contributed by atoms with van der Waals surface area (Å²) in [4.78, 5) is 52.3. The number of fused-ring (bicyclic) bond motifs is 3. The van der Waals surface area contributed by atoms with Crippen LogP contribution in [0.4, 0.5) is 4.79 Å². The second-order valence-electron chi connectivity index (χ2n) is 12.2. The lowest BCUT2D eigenvalue weighted by Crippen LogP contribution is -2.56. The molecule has 2 saturated heterocycles. The molecule has 5 atom stereocenters. The maximum absolute atomic E-state index is 13.5. The number of Topliss-reactive ketones (excluding diaryl/α,β-unsaturated/α-hetero) is 1. The maximum Gasteiger partial charge on any atom is 0.407 e. The molecule has 3 amide bonds. The quantitative estimate of drug-likeness (QED) is 0.519. The molecule has 9 heteroatoms. The number of carbonyl (C=O) groups excluding carboxylic acids is 4.